The number of fused-ring (bicyclic) bond motifs is 1. The molecule has 2 heterocycles. The molecule has 0 unspecified atom stereocenters. The Labute approximate surface area is 134 Å². The molecule has 3 aromatic rings. The highest BCUT2D eigenvalue weighted by molar-refractivity contribution is 7.15. The Balaban J connectivity index is 1.97. The van der Waals surface area contributed by atoms with Crippen molar-refractivity contribution in [3.05, 3.63) is 45.2 Å². The summed E-state index contributed by atoms with van der Waals surface area (Å²) in [6, 6.07) is 6.21. The third-order valence-corrected chi connectivity index (χ3v) is 3.89. The zero-order valence-corrected chi connectivity index (χ0v) is 12.3. The third kappa shape index (κ3) is 2.80. The number of para-hydroxylation sites is 1. The molecule has 0 radical (unpaired) electrons. The van der Waals surface area contributed by atoms with E-state index >= 15 is 0 Å². The number of amides is 1. The molecule has 0 aliphatic carbocycles. The first-order chi connectivity index (χ1) is 11.3. The zero-order valence-electron chi connectivity index (χ0n) is 11.5. The molecule has 3 rings (SSSR count). The van der Waals surface area contributed by atoms with Crippen LogP contribution in [0, 0.1) is 0 Å². The molecule has 0 fully saturated rings. The minimum absolute atomic E-state index is 0.105. The largest absolute Gasteiger partial charge is 0.506 e. The molecule has 11 heteroatoms. The van der Waals surface area contributed by atoms with Crippen molar-refractivity contribution < 1.29 is 23.1 Å². The summed E-state index contributed by atoms with van der Waals surface area (Å²) < 4.78 is 37.4. The van der Waals surface area contributed by atoms with Crippen molar-refractivity contribution in [3.63, 3.8) is 0 Å². The molecule has 0 saturated carbocycles. The van der Waals surface area contributed by atoms with E-state index in [2.05, 4.69) is 15.2 Å². The summed E-state index contributed by atoms with van der Waals surface area (Å²) in [7, 11) is 0. The van der Waals surface area contributed by atoms with Crippen LogP contribution in [0.15, 0.2) is 29.1 Å². The average Bonchev–Trinajstić information content (AvgIpc) is 2.96. The summed E-state index contributed by atoms with van der Waals surface area (Å²) in [4.78, 5) is 26.5. The number of hydrogen-bond acceptors (Lipinski definition) is 6. The summed E-state index contributed by atoms with van der Waals surface area (Å²) in [5.74, 6) is -1.67. The number of benzene rings is 1. The Morgan fingerprint density at radius 3 is 2.62 bits per heavy atom. The van der Waals surface area contributed by atoms with Crippen LogP contribution in [-0.4, -0.2) is 26.2 Å². The number of hydrogen-bond donors (Lipinski definition) is 3. The van der Waals surface area contributed by atoms with E-state index in [0.29, 0.717) is 5.52 Å². The fraction of sp³-hybridized carbons (Fsp3) is 0.0769. The fourth-order valence-corrected chi connectivity index (χ4v) is 2.59. The van der Waals surface area contributed by atoms with Gasteiger partial charge in [0, 0.05) is 5.39 Å². The van der Waals surface area contributed by atoms with Crippen LogP contribution >= 0.6 is 11.3 Å². The lowest BCUT2D eigenvalue weighted by atomic mass is 10.1. The number of carbonyl (C=O) groups excluding carboxylic acids is 1. The van der Waals surface area contributed by atoms with Crippen molar-refractivity contribution in [1.29, 1.82) is 0 Å². The van der Waals surface area contributed by atoms with Crippen LogP contribution in [0.2, 0.25) is 0 Å². The molecule has 0 aliphatic rings. The SMILES string of the molecule is O=C(Nc1nnc(C(F)(F)F)s1)c1c(O)c2ccccc2[nH]c1=O. The van der Waals surface area contributed by atoms with E-state index in [0.717, 1.165) is 0 Å². The van der Waals surface area contributed by atoms with Gasteiger partial charge in [-0.05, 0) is 12.1 Å². The molecule has 7 nitrogen and oxygen atoms in total. The lowest BCUT2D eigenvalue weighted by Crippen LogP contribution is -2.23. The van der Waals surface area contributed by atoms with Gasteiger partial charge in [0.05, 0.1) is 5.52 Å². The number of aromatic hydroxyl groups is 1. The van der Waals surface area contributed by atoms with E-state index in [1.165, 1.54) is 12.1 Å². The summed E-state index contributed by atoms with van der Waals surface area (Å²) in [5, 5.41) is 16.8. The molecule has 0 spiro atoms. The highest BCUT2D eigenvalue weighted by Crippen LogP contribution is 2.33. The summed E-state index contributed by atoms with van der Waals surface area (Å²) in [6.07, 6.45) is -4.69. The van der Waals surface area contributed by atoms with Crippen molar-refractivity contribution in [1.82, 2.24) is 15.2 Å². The summed E-state index contributed by atoms with van der Waals surface area (Å²) >= 11 is 0.105. The minimum Gasteiger partial charge on any atom is -0.506 e. The van der Waals surface area contributed by atoms with E-state index in [1.54, 1.807) is 12.1 Å². The predicted octanol–water partition coefficient (Wildman–Crippen LogP) is 2.36. The van der Waals surface area contributed by atoms with Crippen LogP contribution < -0.4 is 10.9 Å². The number of pyridine rings is 1. The fourth-order valence-electron chi connectivity index (χ4n) is 1.98. The van der Waals surface area contributed by atoms with Crippen molar-refractivity contribution >= 4 is 33.3 Å². The number of nitrogens with zero attached hydrogens (tertiary/aromatic N) is 2. The van der Waals surface area contributed by atoms with Crippen LogP contribution in [-0.2, 0) is 6.18 Å². The molecule has 24 heavy (non-hydrogen) atoms. The Morgan fingerprint density at radius 1 is 1.25 bits per heavy atom. The molecule has 0 bridgehead atoms. The van der Waals surface area contributed by atoms with E-state index in [-0.39, 0.29) is 16.7 Å². The maximum absolute atomic E-state index is 12.5. The van der Waals surface area contributed by atoms with Crippen LogP contribution in [0.4, 0.5) is 18.3 Å². The second-order valence-corrected chi connectivity index (χ2v) is 5.57. The van der Waals surface area contributed by atoms with Gasteiger partial charge in [-0.3, -0.25) is 14.9 Å². The van der Waals surface area contributed by atoms with E-state index in [4.69, 9.17) is 0 Å². The first kappa shape index (κ1) is 15.9. The van der Waals surface area contributed by atoms with Gasteiger partial charge in [0.2, 0.25) is 10.1 Å². The quantitative estimate of drug-likeness (QED) is 0.653. The topological polar surface area (TPSA) is 108 Å². The molecular formula is C13H7F3N4O3S. The molecule has 124 valence electrons. The number of aromatic nitrogens is 3. The monoisotopic (exact) mass is 356 g/mol. The van der Waals surface area contributed by atoms with Gasteiger partial charge < -0.3 is 10.1 Å². The first-order valence-electron chi connectivity index (χ1n) is 6.33. The maximum atomic E-state index is 12.5. The van der Waals surface area contributed by atoms with Crippen molar-refractivity contribution in [2.75, 3.05) is 5.32 Å². The highest BCUT2D eigenvalue weighted by atomic mass is 32.1. The number of carbonyl (C=O) groups is 1. The molecule has 0 saturated heterocycles. The van der Waals surface area contributed by atoms with Gasteiger partial charge >= 0.3 is 6.18 Å². The van der Waals surface area contributed by atoms with E-state index < -0.39 is 39.1 Å². The maximum Gasteiger partial charge on any atom is 0.445 e. The Kier molecular flexibility index (Phi) is 3.72. The number of anilines is 1. The van der Waals surface area contributed by atoms with Gasteiger partial charge in [-0.25, -0.2) is 0 Å². The number of aromatic amines is 1. The van der Waals surface area contributed by atoms with E-state index in [9.17, 15) is 27.9 Å². The van der Waals surface area contributed by atoms with Gasteiger partial charge in [0.15, 0.2) is 0 Å². The zero-order chi connectivity index (χ0) is 17.5. The van der Waals surface area contributed by atoms with Gasteiger partial charge in [-0.15, -0.1) is 10.2 Å². The standard InChI is InChI=1S/C13H7F3N4O3S/c14-13(15,16)11-19-20-12(24-11)18-10(23)7-8(21)5-3-1-2-4-6(5)17-9(7)22/h1-4H,(H2,17,21,22)(H,18,20,23). The summed E-state index contributed by atoms with van der Waals surface area (Å²) in [5.41, 5.74) is -1.20. The average molecular weight is 356 g/mol. The molecule has 0 aliphatic heterocycles. The smallest absolute Gasteiger partial charge is 0.445 e. The Morgan fingerprint density at radius 2 is 1.96 bits per heavy atom. The van der Waals surface area contributed by atoms with Gasteiger partial charge in [0.1, 0.15) is 11.3 Å². The van der Waals surface area contributed by atoms with Crippen molar-refractivity contribution in [2.24, 2.45) is 0 Å². The normalized spacial score (nSPS) is 11.6. The molecule has 3 N–H and O–H groups in total. The molecule has 2 aromatic heterocycles. The summed E-state index contributed by atoms with van der Waals surface area (Å²) in [6.45, 7) is 0. The number of nitrogens with one attached hydrogen (secondary N) is 2. The third-order valence-electron chi connectivity index (χ3n) is 3.01. The second-order valence-electron chi connectivity index (χ2n) is 4.59. The van der Waals surface area contributed by atoms with Crippen LogP contribution in [0.5, 0.6) is 5.75 Å². The number of halogens is 3. The highest BCUT2D eigenvalue weighted by Gasteiger charge is 2.36. The van der Waals surface area contributed by atoms with Crippen LogP contribution in [0.25, 0.3) is 10.9 Å². The second kappa shape index (κ2) is 5.60. The molecule has 1 aromatic carbocycles. The van der Waals surface area contributed by atoms with Gasteiger partial charge in [-0.2, -0.15) is 13.2 Å². The molecule has 1 amide bonds. The lowest BCUT2D eigenvalue weighted by Gasteiger charge is -2.06. The molecular weight excluding hydrogens is 349 g/mol. The molecule has 0 atom stereocenters. The van der Waals surface area contributed by atoms with Gasteiger partial charge in [0.25, 0.3) is 11.5 Å². The number of H-pyrrole nitrogens is 1. The van der Waals surface area contributed by atoms with E-state index in [1.807, 2.05) is 5.32 Å². The first-order valence-corrected chi connectivity index (χ1v) is 7.15. The van der Waals surface area contributed by atoms with Crippen LogP contribution in [0.3, 0.4) is 0 Å². The van der Waals surface area contributed by atoms with Crippen LogP contribution in [0.1, 0.15) is 15.4 Å². The number of rotatable bonds is 2. The van der Waals surface area contributed by atoms with Crippen molar-refractivity contribution in [2.45, 2.75) is 6.18 Å². The minimum atomic E-state index is -4.69. The van der Waals surface area contributed by atoms with Gasteiger partial charge in [-0.1, -0.05) is 23.5 Å². The van der Waals surface area contributed by atoms with Crippen molar-refractivity contribution in [3.8, 4) is 5.75 Å². The lowest BCUT2D eigenvalue weighted by molar-refractivity contribution is -0.138. The Bertz CT molecular complexity index is 996. The Hall–Kier alpha value is -2.95. The predicted molar refractivity (Wildman–Crippen MR) is 79.1 cm³/mol. The number of alkyl halides is 3.